The monoisotopic (exact) mass is 227 g/mol. The largest absolute Gasteiger partial charge is 0.497 e. The number of nitrogens with two attached hydrogens (primary N) is 1. The molecule has 16 heavy (non-hydrogen) atoms. The van der Waals surface area contributed by atoms with Crippen LogP contribution in [0.5, 0.6) is 5.75 Å². The minimum Gasteiger partial charge on any atom is -0.497 e. The van der Waals surface area contributed by atoms with Crippen molar-refractivity contribution in [3.05, 3.63) is 29.8 Å². The number of alkyl halides is 2. The van der Waals surface area contributed by atoms with E-state index in [2.05, 4.69) is 0 Å². The first-order valence-electron chi connectivity index (χ1n) is 5.28. The molecule has 1 aromatic carbocycles. The van der Waals surface area contributed by atoms with Crippen LogP contribution in [0.15, 0.2) is 24.3 Å². The molecule has 2 rings (SSSR count). The van der Waals surface area contributed by atoms with E-state index in [1.54, 1.807) is 12.1 Å². The van der Waals surface area contributed by atoms with Crippen molar-refractivity contribution in [3.8, 4) is 5.75 Å². The van der Waals surface area contributed by atoms with E-state index in [0.717, 1.165) is 0 Å². The number of ether oxygens (including phenoxy) is 1. The van der Waals surface area contributed by atoms with Gasteiger partial charge in [-0.05, 0) is 37.1 Å². The van der Waals surface area contributed by atoms with Crippen molar-refractivity contribution in [3.63, 3.8) is 0 Å². The Balaban J connectivity index is 2.28. The van der Waals surface area contributed by atoms with E-state index in [-0.39, 0.29) is 12.1 Å². The van der Waals surface area contributed by atoms with Crippen LogP contribution in [0.1, 0.15) is 18.4 Å². The molecular weight excluding hydrogens is 212 g/mol. The van der Waals surface area contributed by atoms with Gasteiger partial charge in [-0.25, -0.2) is 8.78 Å². The van der Waals surface area contributed by atoms with Crippen LogP contribution < -0.4 is 10.5 Å². The van der Waals surface area contributed by atoms with E-state index in [4.69, 9.17) is 10.5 Å². The summed E-state index contributed by atoms with van der Waals surface area (Å²) in [5.41, 5.74) is 4.46. The molecule has 1 aliphatic carbocycles. The van der Waals surface area contributed by atoms with Crippen LogP contribution in [0, 0.1) is 5.41 Å². The summed E-state index contributed by atoms with van der Waals surface area (Å²) < 4.78 is 33.2. The maximum absolute atomic E-state index is 14.1. The van der Waals surface area contributed by atoms with Crippen LogP contribution in [-0.4, -0.2) is 13.7 Å². The predicted octanol–water partition coefficient (Wildman–Crippen LogP) is 2.53. The molecule has 0 aromatic heterocycles. The molecule has 0 spiro atoms. The van der Waals surface area contributed by atoms with Crippen molar-refractivity contribution in [2.75, 3.05) is 13.7 Å². The van der Waals surface area contributed by atoms with Gasteiger partial charge in [0.15, 0.2) is 0 Å². The molecule has 2 N–H and O–H groups in total. The molecule has 4 heteroatoms. The minimum absolute atomic E-state index is 0.0243. The Kier molecular flexibility index (Phi) is 2.62. The van der Waals surface area contributed by atoms with E-state index in [0.29, 0.717) is 18.6 Å². The highest BCUT2D eigenvalue weighted by Gasteiger charge is 2.61. The van der Waals surface area contributed by atoms with Gasteiger partial charge < -0.3 is 10.5 Å². The second-order valence-electron chi connectivity index (χ2n) is 4.29. The molecule has 0 saturated heterocycles. The van der Waals surface area contributed by atoms with E-state index in [1.165, 1.54) is 19.2 Å². The summed E-state index contributed by atoms with van der Waals surface area (Å²) >= 11 is 0. The minimum atomic E-state index is -2.84. The van der Waals surface area contributed by atoms with E-state index < -0.39 is 11.3 Å². The average Bonchev–Trinajstić information content (AvgIpc) is 3.10. The maximum atomic E-state index is 14.1. The van der Waals surface area contributed by atoms with E-state index in [1.807, 2.05) is 0 Å². The van der Waals surface area contributed by atoms with Crippen molar-refractivity contribution >= 4 is 0 Å². The van der Waals surface area contributed by atoms with Crippen LogP contribution in [0.3, 0.4) is 0 Å². The van der Waals surface area contributed by atoms with Gasteiger partial charge in [-0.2, -0.15) is 0 Å². The van der Waals surface area contributed by atoms with Gasteiger partial charge in [0.05, 0.1) is 12.5 Å². The fraction of sp³-hybridized carbons (Fsp3) is 0.500. The smallest absolute Gasteiger partial charge is 0.279 e. The van der Waals surface area contributed by atoms with Crippen molar-refractivity contribution in [1.29, 1.82) is 0 Å². The number of benzene rings is 1. The third kappa shape index (κ3) is 1.57. The van der Waals surface area contributed by atoms with Crippen LogP contribution >= 0.6 is 0 Å². The lowest BCUT2D eigenvalue weighted by Gasteiger charge is -2.25. The molecule has 1 aliphatic rings. The third-order valence-corrected chi connectivity index (χ3v) is 3.36. The molecule has 0 aliphatic heterocycles. The van der Waals surface area contributed by atoms with Crippen LogP contribution in [-0.2, 0) is 5.92 Å². The lowest BCUT2D eigenvalue weighted by atomic mass is 9.91. The highest BCUT2D eigenvalue weighted by Crippen LogP contribution is 2.60. The first-order chi connectivity index (χ1) is 7.55. The summed E-state index contributed by atoms with van der Waals surface area (Å²) in [7, 11) is 1.51. The zero-order valence-corrected chi connectivity index (χ0v) is 9.17. The van der Waals surface area contributed by atoms with Crippen molar-refractivity contribution in [2.24, 2.45) is 11.1 Å². The second-order valence-corrected chi connectivity index (χ2v) is 4.29. The van der Waals surface area contributed by atoms with Crippen LogP contribution in [0.4, 0.5) is 8.78 Å². The van der Waals surface area contributed by atoms with Gasteiger partial charge in [-0.15, -0.1) is 0 Å². The summed E-state index contributed by atoms with van der Waals surface area (Å²) in [5, 5.41) is 0. The number of methoxy groups -OCH3 is 1. The lowest BCUT2D eigenvalue weighted by Crippen LogP contribution is -2.33. The molecule has 0 heterocycles. The quantitative estimate of drug-likeness (QED) is 0.857. The normalized spacial score (nSPS) is 18.2. The second kappa shape index (κ2) is 3.70. The van der Waals surface area contributed by atoms with Gasteiger partial charge in [-0.3, -0.25) is 0 Å². The summed E-state index contributed by atoms with van der Waals surface area (Å²) in [6, 6.07) is 5.93. The Morgan fingerprint density at radius 2 is 1.88 bits per heavy atom. The summed E-state index contributed by atoms with van der Waals surface area (Å²) in [6.07, 6.45) is 1.01. The van der Waals surface area contributed by atoms with Gasteiger partial charge >= 0.3 is 0 Å². The Morgan fingerprint density at radius 1 is 1.31 bits per heavy atom. The van der Waals surface area contributed by atoms with Crippen molar-refractivity contribution in [2.45, 2.75) is 18.8 Å². The summed E-state index contributed by atoms with van der Waals surface area (Å²) in [6.45, 7) is 0.0338. The molecule has 2 nitrogen and oxygen atoms in total. The molecular formula is C12H15F2NO. The summed E-state index contributed by atoms with van der Waals surface area (Å²) in [5.74, 6) is -2.26. The Labute approximate surface area is 93.4 Å². The van der Waals surface area contributed by atoms with Crippen molar-refractivity contribution < 1.29 is 13.5 Å². The molecule has 0 amide bonds. The van der Waals surface area contributed by atoms with Gasteiger partial charge in [0.1, 0.15) is 5.75 Å². The number of rotatable bonds is 4. The number of hydrogen-bond donors (Lipinski definition) is 1. The maximum Gasteiger partial charge on any atom is 0.279 e. The Hall–Kier alpha value is -1.16. The highest BCUT2D eigenvalue weighted by atomic mass is 19.3. The fourth-order valence-electron chi connectivity index (χ4n) is 1.90. The molecule has 0 radical (unpaired) electrons. The average molecular weight is 227 g/mol. The lowest BCUT2D eigenvalue weighted by molar-refractivity contribution is -0.0762. The van der Waals surface area contributed by atoms with Gasteiger partial charge in [0.2, 0.25) is 0 Å². The summed E-state index contributed by atoms with van der Waals surface area (Å²) in [4.78, 5) is 0. The molecule has 1 fully saturated rings. The molecule has 1 aromatic rings. The van der Waals surface area contributed by atoms with Gasteiger partial charge in [0, 0.05) is 12.1 Å². The SMILES string of the molecule is COc1ccc(C(F)(F)C2(CN)CC2)cc1. The predicted molar refractivity (Wildman–Crippen MR) is 57.6 cm³/mol. The van der Waals surface area contributed by atoms with Gasteiger partial charge in [-0.1, -0.05) is 0 Å². The number of halogens is 2. The Morgan fingerprint density at radius 3 is 2.25 bits per heavy atom. The molecule has 88 valence electrons. The zero-order chi connectivity index (χ0) is 11.8. The van der Waals surface area contributed by atoms with E-state index in [9.17, 15) is 8.78 Å². The molecule has 0 atom stereocenters. The molecule has 0 bridgehead atoms. The highest BCUT2D eigenvalue weighted by molar-refractivity contribution is 5.32. The zero-order valence-electron chi connectivity index (χ0n) is 9.17. The molecule has 0 unspecified atom stereocenters. The van der Waals surface area contributed by atoms with Crippen molar-refractivity contribution in [1.82, 2.24) is 0 Å². The first kappa shape index (κ1) is 11.3. The van der Waals surface area contributed by atoms with Crippen LogP contribution in [0.25, 0.3) is 0 Å². The Bertz CT molecular complexity index is 371. The first-order valence-corrected chi connectivity index (χ1v) is 5.28. The third-order valence-electron chi connectivity index (χ3n) is 3.36. The molecule has 1 saturated carbocycles. The van der Waals surface area contributed by atoms with Gasteiger partial charge in [0.25, 0.3) is 5.92 Å². The van der Waals surface area contributed by atoms with Crippen LogP contribution in [0.2, 0.25) is 0 Å². The van der Waals surface area contributed by atoms with E-state index >= 15 is 0 Å². The standard InChI is InChI=1S/C12H15F2NO/c1-16-10-4-2-9(3-5-10)12(13,14)11(8-15)6-7-11/h2-5H,6-8,15H2,1H3. The topological polar surface area (TPSA) is 35.2 Å². The fourth-order valence-corrected chi connectivity index (χ4v) is 1.90. The number of hydrogen-bond acceptors (Lipinski definition) is 2.